The maximum Gasteiger partial charge on any atom is 0.405 e. The van der Waals surface area contributed by atoms with Gasteiger partial charge in [0.15, 0.2) is 0 Å². The molecule has 0 spiro atoms. The van der Waals surface area contributed by atoms with Gasteiger partial charge >= 0.3 is 6.18 Å². The monoisotopic (exact) mass is 444 g/mol. The third-order valence-electron chi connectivity index (χ3n) is 4.73. The van der Waals surface area contributed by atoms with E-state index in [1.807, 2.05) is 45.0 Å². The van der Waals surface area contributed by atoms with Gasteiger partial charge in [-0.3, -0.25) is 9.59 Å². The van der Waals surface area contributed by atoms with E-state index in [2.05, 4.69) is 10.4 Å². The molecule has 6 nitrogen and oxygen atoms in total. The van der Waals surface area contributed by atoms with Crippen molar-refractivity contribution in [1.82, 2.24) is 15.1 Å². The minimum atomic E-state index is -4.49. The fourth-order valence-corrected chi connectivity index (χ4v) is 3.17. The minimum Gasteiger partial charge on any atom is -0.343 e. The third kappa shape index (κ3) is 5.54. The number of aromatic nitrogens is 2. The van der Waals surface area contributed by atoms with Gasteiger partial charge in [0.1, 0.15) is 6.54 Å². The highest BCUT2D eigenvalue weighted by Gasteiger charge is 2.28. The zero-order valence-electron chi connectivity index (χ0n) is 17.8. The van der Waals surface area contributed by atoms with Gasteiger partial charge in [-0.05, 0) is 49.2 Å². The van der Waals surface area contributed by atoms with Crippen molar-refractivity contribution >= 4 is 17.5 Å². The first-order valence-corrected chi connectivity index (χ1v) is 9.96. The maximum atomic E-state index is 12.9. The van der Waals surface area contributed by atoms with E-state index in [4.69, 9.17) is 0 Å². The summed E-state index contributed by atoms with van der Waals surface area (Å²) in [5.74, 6) is -1.21. The predicted molar refractivity (Wildman–Crippen MR) is 115 cm³/mol. The van der Waals surface area contributed by atoms with Crippen LogP contribution < -0.4 is 10.6 Å². The fourth-order valence-electron chi connectivity index (χ4n) is 3.17. The number of rotatable bonds is 6. The number of halogens is 3. The highest BCUT2D eigenvalue weighted by molar-refractivity contribution is 6.05. The minimum absolute atomic E-state index is 0.0132. The number of benzene rings is 2. The molecule has 9 heteroatoms. The highest BCUT2D eigenvalue weighted by Crippen LogP contribution is 2.24. The van der Waals surface area contributed by atoms with Crippen LogP contribution in [0.5, 0.6) is 0 Å². The van der Waals surface area contributed by atoms with Gasteiger partial charge in [-0.25, -0.2) is 4.68 Å². The molecule has 0 aliphatic heterocycles. The molecule has 168 valence electrons. The summed E-state index contributed by atoms with van der Waals surface area (Å²) in [6.45, 7) is 4.51. The van der Waals surface area contributed by atoms with Gasteiger partial charge in [0.2, 0.25) is 0 Å². The molecule has 2 N–H and O–H groups in total. The van der Waals surface area contributed by atoms with Crippen LogP contribution in [-0.2, 0) is 0 Å². The Bertz CT molecular complexity index is 1100. The van der Waals surface area contributed by atoms with Crippen LogP contribution in [0.4, 0.5) is 18.9 Å². The fraction of sp³-hybridized carbons (Fsp3) is 0.261. The van der Waals surface area contributed by atoms with E-state index in [9.17, 15) is 22.8 Å². The van der Waals surface area contributed by atoms with Gasteiger partial charge in [0.05, 0.1) is 23.1 Å². The molecule has 2 aromatic carbocycles. The van der Waals surface area contributed by atoms with Crippen molar-refractivity contribution in [2.24, 2.45) is 0 Å². The molecule has 0 atom stereocenters. The van der Waals surface area contributed by atoms with E-state index >= 15 is 0 Å². The standard InChI is InChI=1S/C23H23F3N4O2/c1-14(2)20-19(12-28-30(20)18-10-4-15(3)5-11-18)22(32)29-17-8-6-16(7-9-17)21(31)27-13-23(24,25)26/h4-12,14H,13H2,1-3H3,(H,27,31)(H,29,32). The third-order valence-corrected chi connectivity index (χ3v) is 4.73. The number of anilines is 1. The Labute approximate surface area is 183 Å². The summed E-state index contributed by atoms with van der Waals surface area (Å²) in [7, 11) is 0. The van der Waals surface area contributed by atoms with Gasteiger partial charge in [-0.1, -0.05) is 31.5 Å². The van der Waals surface area contributed by atoms with Crippen LogP contribution >= 0.6 is 0 Å². The molecule has 1 heterocycles. The van der Waals surface area contributed by atoms with Crippen LogP contribution in [0.2, 0.25) is 0 Å². The Morgan fingerprint density at radius 2 is 1.62 bits per heavy atom. The molecule has 0 unspecified atom stereocenters. The molecule has 0 saturated carbocycles. The second kappa shape index (κ2) is 9.25. The molecule has 0 aliphatic carbocycles. The quantitative estimate of drug-likeness (QED) is 0.571. The van der Waals surface area contributed by atoms with Crippen LogP contribution in [0.3, 0.4) is 0 Å². The van der Waals surface area contributed by atoms with Crippen LogP contribution in [0, 0.1) is 6.92 Å². The number of carbonyl (C=O) groups excluding carboxylic acids is 2. The average Bonchev–Trinajstić information content (AvgIpc) is 3.18. The molecule has 2 amide bonds. The summed E-state index contributed by atoms with van der Waals surface area (Å²) < 4.78 is 38.5. The number of hydrogen-bond acceptors (Lipinski definition) is 3. The van der Waals surface area contributed by atoms with Crippen LogP contribution in [0.15, 0.2) is 54.7 Å². The molecule has 0 radical (unpaired) electrons. The van der Waals surface area contributed by atoms with Gasteiger partial charge in [0.25, 0.3) is 11.8 Å². The summed E-state index contributed by atoms with van der Waals surface area (Å²) in [4.78, 5) is 24.7. The summed E-state index contributed by atoms with van der Waals surface area (Å²) in [6.07, 6.45) is -2.98. The summed E-state index contributed by atoms with van der Waals surface area (Å²) in [5.41, 5.74) is 3.57. The zero-order valence-corrected chi connectivity index (χ0v) is 17.8. The number of amides is 2. The summed E-state index contributed by atoms with van der Waals surface area (Å²) >= 11 is 0. The van der Waals surface area contributed by atoms with E-state index in [1.54, 1.807) is 10.00 Å². The predicted octanol–water partition coefficient (Wildman–Crippen LogP) is 4.85. The van der Waals surface area contributed by atoms with Crippen molar-refractivity contribution in [2.75, 3.05) is 11.9 Å². The molecule has 1 aromatic heterocycles. The molecule has 3 rings (SSSR count). The first-order valence-electron chi connectivity index (χ1n) is 9.96. The van der Waals surface area contributed by atoms with E-state index < -0.39 is 18.6 Å². The Morgan fingerprint density at radius 1 is 1.00 bits per heavy atom. The van der Waals surface area contributed by atoms with Crippen molar-refractivity contribution in [1.29, 1.82) is 0 Å². The SMILES string of the molecule is Cc1ccc(-n2ncc(C(=O)Nc3ccc(C(=O)NCC(F)(F)F)cc3)c2C(C)C)cc1. The molecule has 0 saturated heterocycles. The second-order valence-corrected chi connectivity index (χ2v) is 7.67. The van der Waals surface area contributed by atoms with Crippen molar-refractivity contribution < 1.29 is 22.8 Å². The first kappa shape index (κ1) is 23.1. The highest BCUT2D eigenvalue weighted by atomic mass is 19.4. The number of hydrogen-bond donors (Lipinski definition) is 2. The number of aryl methyl sites for hydroxylation is 1. The van der Waals surface area contributed by atoms with E-state index in [0.29, 0.717) is 11.3 Å². The molecule has 0 bridgehead atoms. The lowest BCUT2D eigenvalue weighted by molar-refractivity contribution is -0.123. The zero-order chi connectivity index (χ0) is 23.5. The van der Waals surface area contributed by atoms with E-state index in [1.165, 1.54) is 30.5 Å². The van der Waals surface area contributed by atoms with Crippen molar-refractivity contribution in [2.45, 2.75) is 32.9 Å². The summed E-state index contributed by atoms with van der Waals surface area (Å²) in [5, 5.41) is 8.94. The van der Waals surface area contributed by atoms with Crippen LogP contribution in [-0.4, -0.2) is 34.3 Å². The van der Waals surface area contributed by atoms with Gasteiger partial charge in [-0.2, -0.15) is 18.3 Å². The number of nitrogens with one attached hydrogen (secondary N) is 2. The van der Waals surface area contributed by atoms with Crippen molar-refractivity contribution in [3.05, 3.63) is 77.1 Å². The van der Waals surface area contributed by atoms with Crippen LogP contribution in [0.25, 0.3) is 5.69 Å². The molecule has 3 aromatic rings. The number of carbonyl (C=O) groups is 2. The summed E-state index contributed by atoms with van der Waals surface area (Å²) in [6, 6.07) is 13.4. The Morgan fingerprint density at radius 3 is 2.19 bits per heavy atom. The molecule has 0 fully saturated rings. The molecular weight excluding hydrogens is 421 g/mol. The lowest BCUT2D eigenvalue weighted by Gasteiger charge is -2.13. The van der Waals surface area contributed by atoms with Gasteiger partial charge in [-0.15, -0.1) is 0 Å². The lowest BCUT2D eigenvalue weighted by Crippen LogP contribution is -2.33. The average molecular weight is 444 g/mol. The van der Waals surface area contributed by atoms with Crippen LogP contribution in [0.1, 0.15) is 51.7 Å². The molecule has 0 aliphatic rings. The molecule has 32 heavy (non-hydrogen) atoms. The Hall–Kier alpha value is -3.62. The molecular formula is C23H23F3N4O2. The number of alkyl halides is 3. The van der Waals surface area contributed by atoms with Crippen molar-refractivity contribution in [3.63, 3.8) is 0 Å². The Kier molecular flexibility index (Phi) is 6.67. The second-order valence-electron chi connectivity index (χ2n) is 7.67. The van der Waals surface area contributed by atoms with E-state index in [-0.39, 0.29) is 17.4 Å². The first-order chi connectivity index (χ1) is 15.0. The van der Waals surface area contributed by atoms with Crippen molar-refractivity contribution in [3.8, 4) is 5.69 Å². The van der Waals surface area contributed by atoms with E-state index in [0.717, 1.165) is 16.9 Å². The Balaban J connectivity index is 1.76. The topological polar surface area (TPSA) is 76.0 Å². The largest absolute Gasteiger partial charge is 0.405 e. The smallest absolute Gasteiger partial charge is 0.343 e. The maximum absolute atomic E-state index is 12.9. The van der Waals surface area contributed by atoms with Gasteiger partial charge in [0, 0.05) is 11.3 Å². The number of nitrogens with zero attached hydrogens (tertiary/aromatic N) is 2. The lowest BCUT2D eigenvalue weighted by atomic mass is 10.0. The normalized spacial score (nSPS) is 11.5. The van der Waals surface area contributed by atoms with Gasteiger partial charge < -0.3 is 10.6 Å².